The zero-order valence-corrected chi connectivity index (χ0v) is 11.1. The second kappa shape index (κ2) is 6.04. The smallest absolute Gasteiger partial charge is 0.224 e. The monoisotopic (exact) mass is 264 g/mol. The van der Waals surface area contributed by atoms with E-state index in [1.165, 1.54) is 0 Å². The maximum absolute atomic E-state index is 11.9. The molecule has 1 unspecified atom stereocenters. The van der Waals surface area contributed by atoms with E-state index in [-0.39, 0.29) is 11.5 Å². The largest absolute Gasteiger partial charge is 0.399 e. The molecule has 1 heterocycles. The number of rotatable bonds is 5. The highest BCUT2D eigenvalue weighted by atomic mass is 16.5. The number of ether oxygens (including phenoxy) is 2. The molecule has 0 bridgehead atoms. The van der Waals surface area contributed by atoms with Crippen LogP contribution in [0.1, 0.15) is 12.0 Å². The normalized spacial score (nSPS) is 22.4. The molecule has 1 aromatic rings. The average molecular weight is 264 g/mol. The van der Waals surface area contributed by atoms with Crippen LogP contribution in [0.25, 0.3) is 0 Å². The van der Waals surface area contributed by atoms with E-state index in [0.717, 1.165) is 12.0 Å². The second-order valence-electron chi connectivity index (χ2n) is 4.88. The quantitative estimate of drug-likeness (QED) is 0.769. The summed E-state index contributed by atoms with van der Waals surface area (Å²) in [6.07, 6.45) is 1.16. The molecule has 0 aliphatic carbocycles. The number of benzene rings is 1. The lowest BCUT2D eigenvalue weighted by molar-refractivity contribution is -0.122. The predicted molar refractivity (Wildman–Crippen MR) is 72.7 cm³/mol. The first-order valence-corrected chi connectivity index (χ1v) is 6.38. The fraction of sp³-hybridized carbons (Fsp3) is 0.500. The summed E-state index contributed by atoms with van der Waals surface area (Å²) in [6.45, 7) is 1.70. The number of methoxy groups -OCH3 is 1. The second-order valence-corrected chi connectivity index (χ2v) is 4.88. The highest BCUT2D eigenvalue weighted by Gasteiger charge is 2.35. The van der Waals surface area contributed by atoms with Crippen LogP contribution in [0.3, 0.4) is 0 Å². The molecule has 1 aliphatic heterocycles. The van der Waals surface area contributed by atoms with E-state index in [1.54, 1.807) is 19.2 Å². The topological polar surface area (TPSA) is 73.6 Å². The minimum Gasteiger partial charge on any atom is -0.399 e. The van der Waals surface area contributed by atoms with Gasteiger partial charge < -0.3 is 20.5 Å². The molecule has 19 heavy (non-hydrogen) atoms. The molecular formula is C14H20N2O3. The van der Waals surface area contributed by atoms with Crippen molar-refractivity contribution >= 4 is 11.6 Å². The lowest BCUT2D eigenvalue weighted by atomic mass is 10.0. The van der Waals surface area contributed by atoms with Gasteiger partial charge in [0.15, 0.2) is 0 Å². The molecule has 1 aliphatic rings. The van der Waals surface area contributed by atoms with Crippen molar-refractivity contribution in [2.45, 2.75) is 18.4 Å². The first-order chi connectivity index (χ1) is 9.13. The van der Waals surface area contributed by atoms with Gasteiger partial charge in [-0.3, -0.25) is 4.79 Å². The Morgan fingerprint density at radius 1 is 1.47 bits per heavy atom. The average Bonchev–Trinajstić information content (AvgIpc) is 2.89. The van der Waals surface area contributed by atoms with E-state index in [0.29, 0.717) is 31.9 Å². The van der Waals surface area contributed by atoms with Gasteiger partial charge in [-0.2, -0.15) is 0 Å². The van der Waals surface area contributed by atoms with Gasteiger partial charge in [-0.25, -0.2) is 0 Å². The summed E-state index contributed by atoms with van der Waals surface area (Å²) in [7, 11) is 1.65. The Morgan fingerprint density at radius 2 is 2.21 bits per heavy atom. The number of nitrogens with two attached hydrogens (primary N) is 1. The van der Waals surface area contributed by atoms with Gasteiger partial charge in [-0.05, 0) is 17.7 Å². The molecule has 5 heteroatoms. The van der Waals surface area contributed by atoms with Gasteiger partial charge in [-0.1, -0.05) is 12.1 Å². The van der Waals surface area contributed by atoms with Crippen molar-refractivity contribution < 1.29 is 14.3 Å². The summed E-state index contributed by atoms with van der Waals surface area (Å²) in [5.41, 5.74) is 6.88. The van der Waals surface area contributed by atoms with Crippen LogP contribution >= 0.6 is 0 Å². The highest BCUT2D eigenvalue weighted by Crippen LogP contribution is 2.21. The van der Waals surface area contributed by atoms with Gasteiger partial charge in [0, 0.05) is 32.4 Å². The van der Waals surface area contributed by atoms with Crippen LogP contribution in [0.2, 0.25) is 0 Å². The van der Waals surface area contributed by atoms with Crippen molar-refractivity contribution in [3.05, 3.63) is 29.8 Å². The van der Waals surface area contributed by atoms with Crippen molar-refractivity contribution in [2.24, 2.45) is 0 Å². The Bertz CT molecular complexity index is 425. The van der Waals surface area contributed by atoms with E-state index >= 15 is 0 Å². The van der Waals surface area contributed by atoms with Gasteiger partial charge in [0.05, 0.1) is 13.0 Å². The van der Waals surface area contributed by atoms with E-state index in [4.69, 9.17) is 15.2 Å². The van der Waals surface area contributed by atoms with Crippen molar-refractivity contribution in [1.29, 1.82) is 0 Å². The van der Waals surface area contributed by atoms with Crippen molar-refractivity contribution in [3.63, 3.8) is 0 Å². The maximum atomic E-state index is 11.9. The van der Waals surface area contributed by atoms with E-state index in [1.807, 2.05) is 12.1 Å². The first-order valence-electron chi connectivity index (χ1n) is 6.38. The number of hydrogen-bond donors (Lipinski definition) is 2. The molecule has 0 radical (unpaired) electrons. The van der Waals surface area contributed by atoms with Gasteiger partial charge in [0.25, 0.3) is 0 Å². The van der Waals surface area contributed by atoms with Crippen LogP contribution in [-0.2, 0) is 20.7 Å². The molecule has 3 N–H and O–H groups in total. The third-order valence-corrected chi connectivity index (χ3v) is 3.45. The number of hydrogen-bond acceptors (Lipinski definition) is 4. The molecule has 0 spiro atoms. The number of carbonyl (C=O) groups is 1. The molecule has 1 saturated heterocycles. The number of carbonyl (C=O) groups excluding carboxylic acids is 1. The molecule has 104 valence electrons. The summed E-state index contributed by atoms with van der Waals surface area (Å²) >= 11 is 0. The van der Waals surface area contributed by atoms with Gasteiger partial charge in [-0.15, -0.1) is 0 Å². The van der Waals surface area contributed by atoms with E-state index < -0.39 is 0 Å². The van der Waals surface area contributed by atoms with Gasteiger partial charge in [0.2, 0.25) is 5.91 Å². The maximum Gasteiger partial charge on any atom is 0.224 e. The fourth-order valence-corrected chi connectivity index (χ4v) is 2.10. The van der Waals surface area contributed by atoms with E-state index in [2.05, 4.69) is 5.32 Å². The molecular weight excluding hydrogens is 244 g/mol. The number of nitrogen functional groups attached to an aromatic ring is 1. The third-order valence-electron chi connectivity index (χ3n) is 3.45. The SMILES string of the molecule is COC1(CNC(=O)Cc2ccc(N)cc2)CCOC1. The first kappa shape index (κ1) is 13.8. The molecule has 1 atom stereocenters. The van der Waals surface area contributed by atoms with Gasteiger partial charge >= 0.3 is 0 Å². The third kappa shape index (κ3) is 3.68. The minimum absolute atomic E-state index is 0.0203. The van der Waals surface area contributed by atoms with Crippen molar-refractivity contribution in [1.82, 2.24) is 5.32 Å². The highest BCUT2D eigenvalue weighted by molar-refractivity contribution is 5.78. The molecule has 1 fully saturated rings. The van der Waals surface area contributed by atoms with Crippen LogP contribution < -0.4 is 11.1 Å². The Labute approximate surface area is 113 Å². The summed E-state index contributed by atoms with van der Waals surface area (Å²) in [4.78, 5) is 11.9. The molecule has 1 aromatic carbocycles. The zero-order valence-electron chi connectivity index (χ0n) is 11.1. The van der Waals surface area contributed by atoms with Crippen molar-refractivity contribution in [3.8, 4) is 0 Å². The van der Waals surface area contributed by atoms with Crippen LogP contribution in [-0.4, -0.2) is 38.4 Å². The lowest BCUT2D eigenvalue weighted by Crippen LogP contribution is -2.45. The van der Waals surface area contributed by atoms with Crippen molar-refractivity contribution in [2.75, 3.05) is 32.6 Å². The predicted octanol–water partition coefficient (Wildman–Crippen LogP) is 0.733. The number of amides is 1. The van der Waals surface area contributed by atoms with E-state index in [9.17, 15) is 4.79 Å². The summed E-state index contributed by atoms with van der Waals surface area (Å²) in [6, 6.07) is 7.31. The van der Waals surface area contributed by atoms with Crippen LogP contribution in [0.5, 0.6) is 0 Å². The number of anilines is 1. The summed E-state index contributed by atoms with van der Waals surface area (Å²) in [5.74, 6) is -0.0203. The Morgan fingerprint density at radius 3 is 2.79 bits per heavy atom. The molecule has 2 rings (SSSR count). The standard InChI is InChI=1S/C14H20N2O3/c1-18-14(6-7-19-10-14)9-16-13(17)8-11-2-4-12(15)5-3-11/h2-5H,6-10,15H2,1H3,(H,16,17). The minimum atomic E-state index is -0.364. The van der Waals surface area contributed by atoms with Crippen LogP contribution in [0.4, 0.5) is 5.69 Å². The molecule has 0 saturated carbocycles. The van der Waals surface area contributed by atoms with Crippen LogP contribution in [0.15, 0.2) is 24.3 Å². The Balaban J connectivity index is 1.82. The fourth-order valence-electron chi connectivity index (χ4n) is 2.10. The Hall–Kier alpha value is -1.59. The van der Waals surface area contributed by atoms with Gasteiger partial charge in [0.1, 0.15) is 5.60 Å². The molecule has 1 amide bonds. The number of nitrogens with one attached hydrogen (secondary N) is 1. The summed E-state index contributed by atoms with van der Waals surface area (Å²) < 4.78 is 10.8. The van der Waals surface area contributed by atoms with Crippen LogP contribution in [0, 0.1) is 0 Å². The molecule has 5 nitrogen and oxygen atoms in total. The zero-order chi connectivity index (χ0) is 13.7. The summed E-state index contributed by atoms with van der Waals surface area (Å²) in [5, 5.41) is 2.90. The lowest BCUT2D eigenvalue weighted by Gasteiger charge is -2.25. The molecule has 0 aromatic heterocycles. The Kier molecular flexibility index (Phi) is 4.39.